The van der Waals surface area contributed by atoms with Gasteiger partial charge in [0.05, 0.1) is 6.54 Å². The third-order valence-corrected chi connectivity index (χ3v) is 4.36. The smallest absolute Gasteiger partial charge is 0.244 e. The van der Waals surface area contributed by atoms with Gasteiger partial charge in [-0.05, 0) is 49.1 Å². The second-order valence-electron chi connectivity index (χ2n) is 6.13. The molecule has 0 bridgehead atoms. The Balaban J connectivity index is 1.97. The molecule has 2 amide bonds. The van der Waals surface area contributed by atoms with Crippen LogP contribution in [0, 0.1) is 13.8 Å². The Labute approximate surface area is 153 Å². The quantitative estimate of drug-likeness (QED) is 0.848. The monoisotopic (exact) mass is 358 g/mol. The summed E-state index contributed by atoms with van der Waals surface area (Å²) in [6.07, 6.45) is 0.674. The predicted octanol–water partition coefficient (Wildman–Crippen LogP) is 3.99. The normalized spacial score (nSPS) is 10.4. The summed E-state index contributed by atoms with van der Waals surface area (Å²) in [4.78, 5) is 25.8. The van der Waals surface area contributed by atoms with E-state index >= 15 is 0 Å². The Morgan fingerprint density at radius 3 is 2.20 bits per heavy atom. The average molecular weight is 359 g/mol. The highest BCUT2D eigenvalue weighted by molar-refractivity contribution is 6.30. The van der Waals surface area contributed by atoms with E-state index < -0.39 is 0 Å². The number of nitrogens with zero attached hydrogens (tertiary/aromatic N) is 1. The van der Waals surface area contributed by atoms with Crippen molar-refractivity contribution < 1.29 is 9.59 Å². The van der Waals surface area contributed by atoms with Gasteiger partial charge in [0.25, 0.3) is 0 Å². The van der Waals surface area contributed by atoms with E-state index in [2.05, 4.69) is 5.32 Å². The lowest BCUT2D eigenvalue weighted by molar-refractivity contribution is -0.132. The molecule has 2 aromatic rings. The molecule has 1 N–H and O–H groups in total. The number of rotatable bonds is 6. The molecule has 0 aromatic heterocycles. The second kappa shape index (κ2) is 8.67. The fourth-order valence-electron chi connectivity index (χ4n) is 2.63. The molecule has 0 saturated carbocycles. The van der Waals surface area contributed by atoms with Crippen molar-refractivity contribution in [3.05, 3.63) is 64.2 Å². The summed E-state index contributed by atoms with van der Waals surface area (Å²) in [5.74, 6) is -0.311. The van der Waals surface area contributed by atoms with Crippen molar-refractivity contribution in [2.24, 2.45) is 0 Å². The fourth-order valence-corrected chi connectivity index (χ4v) is 2.75. The maximum absolute atomic E-state index is 12.4. The molecule has 5 heteroatoms. The molecule has 0 spiro atoms. The first kappa shape index (κ1) is 19.0. The van der Waals surface area contributed by atoms with Crippen LogP contribution in [0.25, 0.3) is 0 Å². The first-order chi connectivity index (χ1) is 11.9. The number of halogens is 1. The van der Waals surface area contributed by atoms with E-state index in [1.54, 1.807) is 4.90 Å². The highest BCUT2D eigenvalue weighted by atomic mass is 35.5. The number of amides is 2. The maximum atomic E-state index is 12.4. The molecule has 0 aliphatic carbocycles. The molecule has 0 radical (unpaired) electrons. The van der Waals surface area contributed by atoms with Crippen LogP contribution in [0.1, 0.15) is 23.6 Å². The minimum absolute atomic E-state index is 0.0384. The van der Waals surface area contributed by atoms with Crippen molar-refractivity contribution in [2.45, 2.75) is 27.2 Å². The number of aryl methyl sites for hydroxylation is 2. The van der Waals surface area contributed by atoms with Crippen LogP contribution < -0.4 is 5.32 Å². The molecule has 4 nitrogen and oxygen atoms in total. The van der Waals surface area contributed by atoms with E-state index in [4.69, 9.17) is 11.6 Å². The lowest BCUT2D eigenvalue weighted by Crippen LogP contribution is -2.38. The molecule has 25 heavy (non-hydrogen) atoms. The number of hydrogen-bond donors (Lipinski definition) is 1. The van der Waals surface area contributed by atoms with Crippen LogP contribution >= 0.6 is 11.6 Å². The molecule has 132 valence electrons. The van der Waals surface area contributed by atoms with Gasteiger partial charge in [0.15, 0.2) is 0 Å². The minimum atomic E-state index is -0.191. The number of anilines is 1. The molecule has 2 aromatic carbocycles. The minimum Gasteiger partial charge on any atom is -0.333 e. The number of hydrogen-bond acceptors (Lipinski definition) is 2. The van der Waals surface area contributed by atoms with E-state index in [1.807, 2.05) is 56.3 Å². The Bertz CT molecular complexity index is 737. The maximum Gasteiger partial charge on any atom is 0.244 e. The van der Waals surface area contributed by atoms with Gasteiger partial charge in [-0.15, -0.1) is 0 Å². The highest BCUT2D eigenvalue weighted by Crippen LogP contribution is 2.19. The van der Waals surface area contributed by atoms with Gasteiger partial charge in [-0.1, -0.05) is 41.9 Å². The van der Waals surface area contributed by atoms with Crippen LogP contribution in [-0.4, -0.2) is 29.8 Å². The zero-order chi connectivity index (χ0) is 18.4. The zero-order valence-corrected chi connectivity index (χ0v) is 15.6. The number of benzene rings is 2. The van der Waals surface area contributed by atoms with Gasteiger partial charge < -0.3 is 10.2 Å². The lowest BCUT2D eigenvalue weighted by atomic mass is 10.1. The van der Waals surface area contributed by atoms with Gasteiger partial charge in [0, 0.05) is 24.2 Å². The molecule has 2 rings (SSSR count). The Morgan fingerprint density at radius 1 is 1.04 bits per heavy atom. The first-order valence-electron chi connectivity index (χ1n) is 8.23. The molecule has 0 aliphatic heterocycles. The molecule has 0 unspecified atom stereocenters. The third kappa shape index (κ3) is 5.61. The van der Waals surface area contributed by atoms with Crippen LogP contribution in [-0.2, 0) is 16.0 Å². The van der Waals surface area contributed by atoms with Crippen LogP contribution in [0.2, 0.25) is 5.02 Å². The zero-order valence-electron chi connectivity index (χ0n) is 14.8. The van der Waals surface area contributed by atoms with Gasteiger partial charge >= 0.3 is 0 Å². The Kier molecular flexibility index (Phi) is 6.59. The Morgan fingerprint density at radius 2 is 1.64 bits per heavy atom. The predicted molar refractivity (Wildman–Crippen MR) is 102 cm³/mol. The largest absolute Gasteiger partial charge is 0.333 e. The summed E-state index contributed by atoms with van der Waals surface area (Å²) in [6.45, 7) is 5.90. The second-order valence-corrected chi connectivity index (χ2v) is 6.57. The van der Waals surface area contributed by atoms with Gasteiger partial charge in [-0.3, -0.25) is 9.59 Å². The summed E-state index contributed by atoms with van der Waals surface area (Å²) in [5.41, 5.74) is 3.90. The SMILES string of the molecule is CC(=O)N(CCc1ccc(Cl)cc1)CC(=O)Nc1c(C)cccc1C. The van der Waals surface area contributed by atoms with Crippen molar-refractivity contribution in [3.63, 3.8) is 0 Å². The standard InChI is InChI=1S/C20H23ClN2O2/c1-14-5-4-6-15(2)20(14)22-19(25)13-23(16(3)24)12-11-17-7-9-18(21)10-8-17/h4-10H,11-13H2,1-3H3,(H,22,25). The summed E-state index contributed by atoms with van der Waals surface area (Å²) < 4.78 is 0. The van der Waals surface area contributed by atoms with Crippen molar-refractivity contribution in [1.82, 2.24) is 4.90 Å². The average Bonchev–Trinajstić information content (AvgIpc) is 2.56. The van der Waals surface area contributed by atoms with E-state index in [1.165, 1.54) is 6.92 Å². The number of para-hydroxylation sites is 1. The number of carbonyl (C=O) groups excluding carboxylic acids is 2. The Hall–Kier alpha value is -2.33. The molecular weight excluding hydrogens is 336 g/mol. The van der Waals surface area contributed by atoms with Gasteiger partial charge in [-0.2, -0.15) is 0 Å². The van der Waals surface area contributed by atoms with Crippen LogP contribution in [0.5, 0.6) is 0 Å². The number of carbonyl (C=O) groups is 2. The molecular formula is C20H23ClN2O2. The van der Waals surface area contributed by atoms with E-state index in [9.17, 15) is 9.59 Å². The van der Waals surface area contributed by atoms with E-state index in [0.717, 1.165) is 22.4 Å². The topological polar surface area (TPSA) is 49.4 Å². The molecule has 0 atom stereocenters. The highest BCUT2D eigenvalue weighted by Gasteiger charge is 2.15. The molecule has 0 aliphatic rings. The van der Waals surface area contributed by atoms with E-state index in [0.29, 0.717) is 18.0 Å². The summed E-state index contributed by atoms with van der Waals surface area (Å²) in [5, 5.41) is 3.60. The molecule has 0 saturated heterocycles. The summed E-state index contributed by atoms with van der Waals surface area (Å²) in [6, 6.07) is 13.4. The van der Waals surface area contributed by atoms with Crippen molar-refractivity contribution in [1.29, 1.82) is 0 Å². The van der Waals surface area contributed by atoms with E-state index in [-0.39, 0.29) is 18.4 Å². The van der Waals surface area contributed by atoms with Crippen molar-refractivity contribution in [3.8, 4) is 0 Å². The van der Waals surface area contributed by atoms with Gasteiger partial charge in [0.2, 0.25) is 11.8 Å². The summed E-state index contributed by atoms with van der Waals surface area (Å²) >= 11 is 5.88. The van der Waals surface area contributed by atoms with Crippen molar-refractivity contribution in [2.75, 3.05) is 18.4 Å². The summed E-state index contributed by atoms with van der Waals surface area (Å²) in [7, 11) is 0. The third-order valence-electron chi connectivity index (χ3n) is 4.11. The van der Waals surface area contributed by atoms with Crippen LogP contribution in [0.15, 0.2) is 42.5 Å². The first-order valence-corrected chi connectivity index (χ1v) is 8.60. The molecule has 0 fully saturated rings. The number of nitrogens with one attached hydrogen (secondary N) is 1. The van der Waals surface area contributed by atoms with Gasteiger partial charge in [0.1, 0.15) is 0 Å². The lowest BCUT2D eigenvalue weighted by Gasteiger charge is -2.21. The van der Waals surface area contributed by atoms with Gasteiger partial charge in [-0.25, -0.2) is 0 Å². The fraction of sp³-hybridized carbons (Fsp3) is 0.300. The van der Waals surface area contributed by atoms with Crippen LogP contribution in [0.3, 0.4) is 0 Å². The molecule has 0 heterocycles. The van der Waals surface area contributed by atoms with Crippen LogP contribution in [0.4, 0.5) is 5.69 Å². The van der Waals surface area contributed by atoms with Crippen molar-refractivity contribution >= 4 is 29.1 Å².